The number of aromatic nitrogens is 2. The molecule has 0 aliphatic rings. The lowest BCUT2D eigenvalue weighted by Crippen LogP contribution is -1.89. The Hall–Kier alpha value is -1.81. The molecule has 86 valence electrons. The maximum absolute atomic E-state index is 5.90. The highest BCUT2D eigenvalue weighted by atomic mass is 32.1. The van der Waals surface area contributed by atoms with Gasteiger partial charge in [-0.05, 0) is 43.0 Å². The van der Waals surface area contributed by atoms with E-state index in [2.05, 4.69) is 42.2 Å². The predicted molar refractivity (Wildman–Crippen MR) is 73.3 cm³/mol. The molecule has 0 radical (unpaired) electrons. The lowest BCUT2D eigenvalue weighted by molar-refractivity contribution is 1.09. The number of hydrogen-bond donors (Lipinski definition) is 2. The van der Waals surface area contributed by atoms with Gasteiger partial charge in [-0.3, -0.25) is 5.10 Å². The third-order valence-electron chi connectivity index (χ3n) is 2.92. The number of fused-ring (bicyclic) bond motifs is 1. The Kier molecular flexibility index (Phi) is 2.19. The van der Waals surface area contributed by atoms with Crippen LogP contribution in [0, 0.1) is 13.8 Å². The van der Waals surface area contributed by atoms with Gasteiger partial charge in [-0.15, -0.1) is 11.3 Å². The number of hydrogen-bond acceptors (Lipinski definition) is 3. The maximum Gasteiger partial charge on any atom is 0.0883 e. The van der Waals surface area contributed by atoms with Crippen molar-refractivity contribution in [3.05, 3.63) is 34.8 Å². The van der Waals surface area contributed by atoms with E-state index in [-0.39, 0.29) is 0 Å². The first-order chi connectivity index (χ1) is 8.15. The largest absolute Gasteiger partial charge is 0.396 e. The molecule has 2 aromatic heterocycles. The Bertz CT molecular complexity index is 694. The molecule has 3 nitrogen and oxygen atoms in total. The molecule has 0 spiro atoms. The molecule has 0 atom stereocenters. The number of aromatic amines is 1. The van der Waals surface area contributed by atoms with E-state index in [4.69, 9.17) is 5.73 Å². The van der Waals surface area contributed by atoms with Crippen molar-refractivity contribution in [1.29, 1.82) is 0 Å². The summed E-state index contributed by atoms with van der Waals surface area (Å²) in [4.78, 5) is 1.33. The Labute approximate surface area is 103 Å². The number of nitrogens with zero attached hydrogens (tertiary/aromatic N) is 1. The monoisotopic (exact) mass is 243 g/mol. The van der Waals surface area contributed by atoms with Crippen molar-refractivity contribution in [2.75, 3.05) is 5.73 Å². The maximum atomic E-state index is 5.90. The lowest BCUT2D eigenvalue weighted by atomic mass is 10.0. The fraction of sp³-hybridized carbons (Fsp3) is 0.154. The van der Waals surface area contributed by atoms with Gasteiger partial charge >= 0.3 is 0 Å². The fourth-order valence-electron chi connectivity index (χ4n) is 2.11. The van der Waals surface area contributed by atoms with E-state index in [1.165, 1.54) is 20.5 Å². The van der Waals surface area contributed by atoms with Gasteiger partial charge in [0.2, 0.25) is 0 Å². The van der Waals surface area contributed by atoms with Crippen LogP contribution in [0.3, 0.4) is 0 Å². The van der Waals surface area contributed by atoms with Crippen LogP contribution in [-0.2, 0) is 0 Å². The van der Waals surface area contributed by atoms with E-state index in [9.17, 15) is 0 Å². The standard InChI is InChI=1S/C13H13N3S/c1-7-3-9-4-8(2)17-12(9)5-10(7)13-11(14)6-15-16-13/h3-6H,14H2,1-2H3,(H,15,16). The molecule has 0 saturated heterocycles. The van der Waals surface area contributed by atoms with E-state index in [0.717, 1.165) is 11.3 Å². The van der Waals surface area contributed by atoms with Crippen LogP contribution in [0.25, 0.3) is 21.3 Å². The summed E-state index contributed by atoms with van der Waals surface area (Å²) in [6.07, 6.45) is 1.65. The van der Waals surface area contributed by atoms with E-state index >= 15 is 0 Å². The molecule has 0 aliphatic heterocycles. The first-order valence-electron chi connectivity index (χ1n) is 5.45. The Morgan fingerprint density at radius 1 is 1.24 bits per heavy atom. The number of rotatable bonds is 1. The number of H-pyrrole nitrogens is 1. The van der Waals surface area contributed by atoms with Gasteiger partial charge in [0.25, 0.3) is 0 Å². The minimum atomic E-state index is 0.695. The molecular formula is C13H13N3S. The van der Waals surface area contributed by atoms with Crippen molar-refractivity contribution in [1.82, 2.24) is 10.2 Å². The Morgan fingerprint density at radius 2 is 2.06 bits per heavy atom. The third kappa shape index (κ3) is 1.61. The number of thiophene rings is 1. The van der Waals surface area contributed by atoms with Crippen molar-refractivity contribution in [3.8, 4) is 11.3 Å². The van der Waals surface area contributed by atoms with Crippen LogP contribution in [0.15, 0.2) is 24.4 Å². The average Bonchev–Trinajstić information content (AvgIpc) is 2.82. The molecule has 1 aromatic carbocycles. The second-order valence-corrected chi connectivity index (χ2v) is 5.55. The van der Waals surface area contributed by atoms with Gasteiger partial charge in [-0.1, -0.05) is 0 Å². The quantitative estimate of drug-likeness (QED) is 0.687. The summed E-state index contributed by atoms with van der Waals surface area (Å²) in [7, 11) is 0. The molecule has 0 unspecified atom stereocenters. The highest BCUT2D eigenvalue weighted by molar-refractivity contribution is 7.19. The smallest absolute Gasteiger partial charge is 0.0883 e. The van der Waals surface area contributed by atoms with E-state index in [1.807, 2.05) is 0 Å². The van der Waals surface area contributed by atoms with Crippen LogP contribution in [0.2, 0.25) is 0 Å². The summed E-state index contributed by atoms with van der Waals surface area (Å²) in [5, 5.41) is 8.24. The minimum absolute atomic E-state index is 0.695. The van der Waals surface area contributed by atoms with Gasteiger partial charge in [0.1, 0.15) is 0 Å². The summed E-state index contributed by atoms with van der Waals surface area (Å²) in [5.74, 6) is 0. The molecule has 0 fully saturated rings. The Balaban J connectivity index is 2.29. The number of aryl methyl sites for hydroxylation is 2. The minimum Gasteiger partial charge on any atom is -0.396 e. The fourth-order valence-corrected chi connectivity index (χ4v) is 3.06. The zero-order chi connectivity index (χ0) is 12.0. The molecule has 4 heteroatoms. The van der Waals surface area contributed by atoms with E-state index in [0.29, 0.717) is 5.69 Å². The molecule has 3 N–H and O–H groups in total. The van der Waals surface area contributed by atoms with E-state index < -0.39 is 0 Å². The van der Waals surface area contributed by atoms with E-state index in [1.54, 1.807) is 17.5 Å². The molecule has 0 bridgehead atoms. The first-order valence-corrected chi connectivity index (χ1v) is 6.27. The van der Waals surface area contributed by atoms with Crippen LogP contribution in [0.1, 0.15) is 10.4 Å². The molecule has 3 aromatic rings. The number of nitrogen functional groups attached to an aromatic ring is 1. The summed E-state index contributed by atoms with van der Waals surface area (Å²) in [6, 6.07) is 6.60. The topological polar surface area (TPSA) is 54.7 Å². The van der Waals surface area contributed by atoms with Gasteiger partial charge in [-0.2, -0.15) is 5.10 Å². The summed E-state index contributed by atoms with van der Waals surface area (Å²) >= 11 is 1.80. The average molecular weight is 243 g/mol. The van der Waals surface area contributed by atoms with Gasteiger partial charge in [-0.25, -0.2) is 0 Å². The van der Waals surface area contributed by atoms with Gasteiger partial charge in [0.15, 0.2) is 0 Å². The van der Waals surface area contributed by atoms with Crippen molar-refractivity contribution in [2.24, 2.45) is 0 Å². The SMILES string of the molecule is Cc1cc2cc(C)c(-c3[nH]ncc3N)cc2s1. The summed E-state index contributed by atoms with van der Waals surface area (Å²) in [5.41, 5.74) is 9.86. The highest BCUT2D eigenvalue weighted by Crippen LogP contribution is 2.33. The zero-order valence-electron chi connectivity index (χ0n) is 9.74. The second kappa shape index (κ2) is 3.60. The molecule has 0 amide bonds. The van der Waals surface area contributed by atoms with Crippen LogP contribution in [0.4, 0.5) is 5.69 Å². The number of nitrogens with one attached hydrogen (secondary N) is 1. The van der Waals surface area contributed by atoms with Gasteiger partial charge < -0.3 is 5.73 Å². The summed E-state index contributed by atoms with van der Waals surface area (Å²) < 4.78 is 1.29. The Morgan fingerprint density at radius 3 is 2.76 bits per heavy atom. The number of benzene rings is 1. The van der Waals surface area contributed by atoms with Crippen LogP contribution < -0.4 is 5.73 Å². The number of nitrogens with two attached hydrogens (primary N) is 1. The van der Waals surface area contributed by atoms with Crippen molar-refractivity contribution >= 4 is 27.1 Å². The normalized spacial score (nSPS) is 11.2. The highest BCUT2D eigenvalue weighted by Gasteiger charge is 2.10. The van der Waals surface area contributed by atoms with Gasteiger partial charge in [0, 0.05) is 15.1 Å². The van der Waals surface area contributed by atoms with Crippen molar-refractivity contribution in [3.63, 3.8) is 0 Å². The first kappa shape index (κ1) is 10.4. The molecule has 0 aliphatic carbocycles. The molecular weight excluding hydrogens is 230 g/mol. The van der Waals surface area contributed by atoms with Crippen LogP contribution in [0.5, 0.6) is 0 Å². The second-order valence-electron chi connectivity index (χ2n) is 4.26. The molecule has 17 heavy (non-hydrogen) atoms. The van der Waals surface area contributed by atoms with Crippen LogP contribution in [-0.4, -0.2) is 10.2 Å². The third-order valence-corrected chi connectivity index (χ3v) is 3.94. The molecule has 2 heterocycles. The van der Waals surface area contributed by atoms with Crippen molar-refractivity contribution in [2.45, 2.75) is 13.8 Å². The lowest BCUT2D eigenvalue weighted by Gasteiger charge is -2.04. The molecule has 0 saturated carbocycles. The van der Waals surface area contributed by atoms with Gasteiger partial charge in [0.05, 0.1) is 17.6 Å². The van der Waals surface area contributed by atoms with Crippen molar-refractivity contribution < 1.29 is 0 Å². The number of anilines is 1. The summed E-state index contributed by atoms with van der Waals surface area (Å²) in [6.45, 7) is 4.23. The predicted octanol–water partition coefficient (Wildman–Crippen LogP) is 3.49. The zero-order valence-corrected chi connectivity index (χ0v) is 10.6. The van der Waals surface area contributed by atoms with Crippen LogP contribution >= 0.6 is 11.3 Å². The molecule has 3 rings (SSSR count).